The van der Waals surface area contributed by atoms with Crippen molar-refractivity contribution < 1.29 is 4.21 Å². The quantitative estimate of drug-likeness (QED) is 0.814. The molecule has 0 N–H and O–H groups in total. The van der Waals surface area contributed by atoms with Crippen molar-refractivity contribution in [2.45, 2.75) is 12.7 Å². The van der Waals surface area contributed by atoms with Gasteiger partial charge in [0.2, 0.25) is 0 Å². The topological polar surface area (TPSA) is 34.4 Å². The molecule has 0 saturated carbocycles. The second kappa shape index (κ2) is 5.60. The minimum Gasteiger partial charge on any atom is -0.306 e. The molecule has 3 nitrogen and oxygen atoms in total. The first kappa shape index (κ1) is 12.5. The zero-order valence-electron chi connectivity index (χ0n) is 9.47. The van der Waals surface area contributed by atoms with E-state index >= 15 is 0 Å². The Balaban J connectivity index is 2.16. The van der Waals surface area contributed by atoms with Gasteiger partial charge < -0.3 is 4.40 Å². The van der Waals surface area contributed by atoms with Gasteiger partial charge in [-0.1, -0.05) is 12.2 Å². The molecule has 0 radical (unpaired) electrons. The molecule has 0 aliphatic heterocycles. The summed E-state index contributed by atoms with van der Waals surface area (Å²) in [6.45, 7) is 1.93. The van der Waals surface area contributed by atoms with Crippen LogP contribution in [0.1, 0.15) is 12.6 Å². The number of hydrogen-bond acceptors (Lipinski definition) is 2. The Morgan fingerprint density at radius 2 is 2.29 bits per heavy atom. The molecule has 0 bridgehead atoms. The Hall–Kier alpha value is -0.940. The Morgan fingerprint density at radius 1 is 1.47 bits per heavy atom. The number of allylic oxidation sites excluding steroid dienone is 1. The number of fused-ring (bicyclic) bond motifs is 1. The molecule has 5 heteroatoms. The molecule has 2 heterocycles. The molecular formula is C12H13BrN2OS. The van der Waals surface area contributed by atoms with Crippen LogP contribution in [0.2, 0.25) is 0 Å². The van der Waals surface area contributed by atoms with E-state index in [1.165, 1.54) is 0 Å². The van der Waals surface area contributed by atoms with Crippen molar-refractivity contribution in [3.8, 4) is 0 Å². The van der Waals surface area contributed by atoms with Gasteiger partial charge in [-0.2, -0.15) is 0 Å². The Bertz CT molecular complexity index is 577. The molecule has 1 atom stereocenters. The summed E-state index contributed by atoms with van der Waals surface area (Å²) in [7, 11) is -0.877. The van der Waals surface area contributed by atoms with Gasteiger partial charge >= 0.3 is 0 Å². The molecule has 0 aliphatic carbocycles. The van der Waals surface area contributed by atoms with Crippen LogP contribution in [0.15, 0.2) is 41.2 Å². The second-order valence-corrected chi connectivity index (χ2v) is 6.08. The molecule has 0 amide bonds. The van der Waals surface area contributed by atoms with Crippen molar-refractivity contribution >= 4 is 32.4 Å². The SMILES string of the molecule is CC=CCS(=O)Cc1cn2cc(Br)ccc2n1. The standard InChI is InChI=1S/C12H13BrN2OS/c1-2-3-6-17(16)9-11-8-15-7-10(13)4-5-12(15)14-11/h2-5,7-8H,6,9H2,1H3. The van der Waals surface area contributed by atoms with Crippen LogP contribution in [0, 0.1) is 0 Å². The van der Waals surface area contributed by atoms with Gasteiger partial charge in [0.05, 0.1) is 11.4 Å². The van der Waals surface area contributed by atoms with Gasteiger partial charge in [0, 0.05) is 33.4 Å². The largest absolute Gasteiger partial charge is 0.306 e. The number of nitrogens with zero attached hydrogens (tertiary/aromatic N) is 2. The Morgan fingerprint density at radius 3 is 3.06 bits per heavy atom. The second-order valence-electron chi connectivity index (χ2n) is 3.66. The van der Waals surface area contributed by atoms with Crippen LogP contribution in [0.3, 0.4) is 0 Å². The number of pyridine rings is 1. The zero-order chi connectivity index (χ0) is 12.3. The van der Waals surface area contributed by atoms with Gasteiger partial charge in [-0.15, -0.1) is 0 Å². The lowest BCUT2D eigenvalue weighted by Crippen LogP contribution is -1.98. The minimum atomic E-state index is -0.877. The minimum absolute atomic E-state index is 0.504. The fourth-order valence-corrected chi connectivity index (χ4v) is 2.86. The smallest absolute Gasteiger partial charge is 0.137 e. The summed E-state index contributed by atoms with van der Waals surface area (Å²) in [6, 6.07) is 3.88. The van der Waals surface area contributed by atoms with Gasteiger partial charge in [-0.3, -0.25) is 4.21 Å². The fraction of sp³-hybridized carbons (Fsp3) is 0.250. The number of hydrogen-bond donors (Lipinski definition) is 0. The van der Waals surface area contributed by atoms with Crippen molar-refractivity contribution in [2.24, 2.45) is 0 Å². The van der Waals surface area contributed by atoms with Crippen molar-refractivity contribution in [1.29, 1.82) is 0 Å². The maximum absolute atomic E-state index is 11.7. The highest BCUT2D eigenvalue weighted by molar-refractivity contribution is 9.10. The summed E-state index contributed by atoms with van der Waals surface area (Å²) in [5.41, 5.74) is 1.75. The van der Waals surface area contributed by atoms with E-state index in [2.05, 4.69) is 20.9 Å². The van der Waals surface area contributed by atoms with E-state index in [1.807, 2.05) is 48.0 Å². The van der Waals surface area contributed by atoms with Crippen LogP contribution in [0.5, 0.6) is 0 Å². The summed E-state index contributed by atoms with van der Waals surface area (Å²) in [5.74, 6) is 1.09. The monoisotopic (exact) mass is 312 g/mol. The molecular weight excluding hydrogens is 300 g/mol. The van der Waals surface area contributed by atoms with Crippen molar-refractivity contribution in [3.05, 3.63) is 46.8 Å². The lowest BCUT2D eigenvalue weighted by atomic mass is 10.5. The summed E-state index contributed by atoms with van der Waals surface area (Å²) < 4.78 is 14.7. The lowest BCUT2D eigenvalue weighted by molar-refractivity contribution is 0.684. The van der Waals surface area contributed by atoms with Crippen LogP contribution in [0.25, 0.3) is 5.65 Å². The fourth-order valence-electron chi connectivity index (χ4n) is 1.51. The average molecular weight is 313 g/mol. The summed E-state index contributed by atoms with van der Waals surface area (Å²) >= 11 is 3.41. The molecule has 2 rings (SSSR count). The third-order valence-electron chi connectivity index (χ3n) is 2.29. The van der Waals surface area contributed by atoms with E-state index in [4.69, 9.17) is 0 Å². The van der Waals surface area contributed by atoms with E-state index in [-0.39, 0.29) is 0 Å². The number of halogens is 1. The summed E-state index contributed by atoms with van der Waals surface area (Å²) in [4.78, 5) is 4.43. The zero-order valence-corrected chi connectivity index (χ0v) is 11.9. The predicted octanol–water partition coefficient (Wildman–Crippen LogP) is 2.92. The van der Waals surface area contributed by atoms with Gasteiger partial charge in [0.15, 0.2) is 0 Å². The number of aromatic nitrogens is 2. The van der Waals surface area contributed by atoms with Crippen LogP contribution in [-0.4, -0.2) is 19.3 Å². The van der Waals surface area contributed by atoms with E-state index in [0.717, 1.165) is 15.8 Å². The van der Waals surface area contributed by atoms with E-state index in [1.54, 1.807) is 0 Å². The van der Waals surface area contributed by atoms with Crippen LogP contribution in [-0.2, 0) is 16.6 Å². The molecule has 0 saturated heterocycles. The molecule has 1 unspecified atom stereocenters. The van der Waals surface area contributed by atoms with E-state index in [0.29, 0.717) is 11.5 Å². The van der Waals surface area contributed by atoms with Crippen LogP contribution in [0.4, 0.5) is 0 Å². The normalized spacial score (nSPS) is 13.5. The predicted molar refractivity (Wildman–Crippen MR) is 74.4 cm³/mol. The first-order chi connectivity index (χ1) is 8.19. The molecule has 2 aromatic heterocycles. The van der Waals surface area contributed by atoms with Crippen LogP contribution >= 0.6 is 15.9 Å². The third kappa shape index (κ3) is 3.26. The highest BCUT2D eigenvalue weighted by atomic mass is 79.9. The third-order valence-corrected chi connectivity index (χ3v) is 3.94. The molecule has 90 valence electrons. The van der Waals surface area contributed by atoms with Crippen molar-refractivity contribution in [3.63, 3.8) is 0 Å². The van der Waals surface area contributed by atoms with Crippen LogP contribution < -0.4 is 0 Å². The molecule has 0 spiro atoms. The van der Waals surface area contributed by atoms with Gasteiger partial charge in [-0.05, 0) is 35.0 Å². The van der Waals surface area contributed by atoms with E-state index < -0.39 is 10.8 Å². The molecule has 0 aromatic carbocycles. The van der Waals surface area contributed by atoms with Crippen molar-refractivity contribution in [1.82, 2.24) is 9.38 Å². The molecule has 0 aliphatic rings. The maximum Gasteiger partial charge on any atom is 0.137 e. The van der Waals surface area contributed by atoms with Crippen molar-refractivity contribution in [2.75, 3.05) is 5.75 Å². The van der Waals surface area contributed by atoms with Gasteiger partial charge in [0.25, 0.3) is 0 Å². The van der Waals surface area contributed by atoms with Gasteiger partial charge in [-0.25, -0.2) is 4.98 Å². The molecule has 2 aromatic rings. The van der Waals surface area contributed by atoms with Gasteiger partial charge in [0.1, 0.15) is 5.65 Å². The Kier molecular flexibility index (Phi) is 4.12. The Labute approximate surface area is 111 Å². The highest BCUT2D eigenvalue weighted by Gasteiger charge is 2.05. The number of imidazole rings is 1. The lowest BCUT2D eigenvalue weighted by Gasteiger charge is -1.93. The highest BCUT2D eigenvalue weighted by Crippen LogP contribution is 2.13. The molecule has 17 heavy (non-hydrogen) atoms. The van der Waals surface area contributed by atoms with E-state index in [9.17, 15) is 4.21 Å². The first-order valence-electron chi connectivity index (χ1n) is 5.28. The summed E-state index contributed by atoms with van der Waals surface area (Å²) in [5, 5.41) is 0. The number of rotatable bonds is 4. The average Bonchev–Trinajstić information content (AvgIpc) is 2.67. The first-order valence-corrected chi connectivity index (χ1v) is 7.56. The molecule has 0 fully saturated rings. The maximum atomic E-state index is 11.7. The summed E-state index contributed by atoms with van der Waals surface area (Å²) in [6.07, 6.45) is 7.70.